The van der Waals surface area contributed by atoms with Crippen molar-refractivity contribution in [3.63, 3.8) is 0 Å². The van der Waals surface area contributed by atoms with E-state index < -0.39 is 23.4 Å². The molecule has 2 aromatic rings. The van der Waals surface area contributed by atoms with Gasteiger partial charge in [0.2, 0.25) is 11.8 Å². The zero-order chi connectivity index (χ0) is 19.3. The summed E-state index contributed by atoms with van der Waals surface area (Å²) in [6.07, 6.45) is 0. The summed E-state index contributed by atoms with van der Waals surface area (Å²) in [5.41, 5.74) is 0.514. The average molecular weight is 364 g/mol. The van der Waals surface area contributed by atoms with Gasteiger partial charge in [0.1, 0.15) is 6.54 Å². The monoisotopic (exact) mass is 364 g/mol. The summed E-state index contributed by atoms with van der Waals surface area (Å²) in [6.45, 7) is 0.861. The molecule has 2 rings (SSSR count). The first-order chi connectivity index (χ1) is 12.3. The molecule has 0 bridgehead atoms. The smallest absolute Gasteiger partial charge is 0.244 e. The Morgan fingerprint density at radius 1 is 1.00 bits per heavy atom. The minimum Gasteiger partial charge on any atom is -0.493 e. The zero-order valence-electron chi connectivity index (χ0n) is 14.5. The molecular formula is C18H18F2N2O4. The van der Waals surface area contributed by atoms with E-state index in [2.05, 4.69) is 5.32 Å². The Bertz CT molecular complexity index is 827. The summed E-state index contributed by atoms with van der Waals surface area (Å²) in [4.78, 5) is 25.1. The molecule has 0 unspecified atom stereocenters. The van der Waals surface area contributed by atoms with Crippen molar-refractivity contribution in [2.24, 2.45) is 0 Å². The molecule has 0 heterocycles. The van der Waals surface area contributed by atoms with Gasteiger partial charge in [0, 0.05) is 30.4 Å². The van der Waals surface area contributed by atoms with Crippen LogP contribution >= 0.6 is 0 Å². The van der Waals surface area contributed by atoms with Crippen molar-refractivity contribution in [1.29, 1.82) is 0 Å². The van der Waals surface area contributed by atoms with Crippen LogP contribution in [0, 0.1) is 11.6 Å². The maximum Gasteiger partial charge on any atom is 0.244 e. The Hall–Kier alpha value is -3.16. The second-order valence-electron chi connectivity index (χ2n) is 5.32. The summed E-state index contributed by atoms with van der Waals surface area (Å²) in [6, 6.07) is 7.77. The van der Waals surface area contributed by atoms with Crippen LogP contribution in [-0.2, 0) is 9.59 Å². The minimum atomic E-state index is -1.10. The van der Waals surface area contributed by atoms with E-state index in [-0.39, 0.29) is 12.2 Å². The highest BCUT2D eigenvalue weighted by atomic mass is 19.2. The van der Waals surface area contributed by atoms with Gasteiger partial charge in [-0.3, -0.25) is 9.59 Å². The fourth-order valence-electron chi connectivity index (χ4n) is 2.30. The number of ether oxygens (including phenoxy) is 2. The third kappa shape index (κ3) is 4.47. The first-order valence-corrected chi connectivity index (χ1v) is 7.60. The number of amides is 2. The molecule has 8 heteroatoms. The summed E-state index contributed by atoms with van der Waals surface area (Å²) in [7, 11) is 2.95. The van der Waals surface area contributed by atoms with Gasteiger partial charge < -0.3 is 19.7 Å². The number of nitrogens with one attached hydrogen (secondary N) is 1. The molecule has 0 aromatic heterocycles. The Labute approximate surface area is 149 Å². The predicted octanol–water partition coefficient (Wildman–Crippen LogP) is 2.97. The molecular weight excluding hydrogens is 346 g/mol. The van der Waals surface area contributed by atoms with Crippen molar-refractivity contribution in [3.8, 4) is 11.5 Å². The lowest BCUT2D eigenvalue weighted by molar-refractivity contribution is -0.120. The van der Waals surface area contributed by atoms with E-state index in [9.17, 15) is 18.4 Å². The third-order valence-electron chi connectivity index (χ3n) is 3.56. The van der Waals surface area contributed by atoms with Crippen LogP contribution in [0.2, 0.25) is 0 Å². The van der Waals surface area contributed by atoms with E-state index in [1.807, 2.05) is 0 Å². The molecule has 26 heavy (non-hydrogen) atoms. The van der Waals surface area contributed by atoms with Gasteiger partial charge in [-0.15, -0.1) is 0 Å². The van der Waals surface area contributed by atoms with Crippen LogP contribution in [0.3, 0.4) is 0 Å². The number of carbonyl (C=O) groups excluding carboxylic acids is 2. The fourth-order valence-corrected chi connectivity index (χ4v) is 2.30. The molecule has 6 nitrogen and oxygen atoms in total. The van der Waals surface area contributed by atoms with Gasteiger partial charge in [-0.2, -0.15) is 0 Å². The van der Waals surface area contributed by atoms with Gasteiger partial charge in [0.15, 0.2) is 23.1 Å². The number of hydrogen-bond donors (Lipinski definition) is 1. The number of hydrogen-bond acceptors (Lipinski definition) is 4. The van der Waals surface area contributed by atoms with Crippen molar-refractivity contribution in [1.82, 2.24) is 0 Å². The first kappa shape index (κ1) is 19.2. The largest absolute Gasteiger partial charge is 0.493 e. The number of nitrogens with zero attached hydrogens (tertiary/aromatic N) is 1. The van der Waals surface area contributed by atoms with Crippen LogP contribution < -0.4 is 19.7 Å². The second kappa shape index (κ2) is 8.28. The number of anilines is 2. The summed E-state index contributed by atoms with van der Waals surface area (Å²) >= 11 is 0. The van der Waals surface area contributed by atoms with Crippen molar-refractivity contribution in [2.75, 3.05) is 31.0 Å². The third-order valence-corrected chi connectivity index (χ3v) is 3.56. The highest BCUT2D eigenvalue weighted by Gasteiger charge is 2.18. The van der Waals surface area contributed by atoms with Crippen LogP contribution in [-0.4, -0.2) is 32.6 Å². The van der Waals surface area contributed by atoms with Gasteiger partial charge in [-0.1, -0.05) is 0 Å². The summed E-state index contributed by atoms with van der Waals surface area (Å²) in [5, 5.41) is 2.61. The van der Waals surface area contributed by atoms with E-state index >= 15 is 0 Å². The second-order valence-corrected chi connectivity index (χ2v) is 5.32. The molecule has 0 spiro atoms. The summed E-state index contributed by atoms with van der Waals surface area (Å²) in [5.74, 6) is -2.22. The molecule has 0 aliphatic carbocycles. The van der Waals surface area contributed by atoms with Crippen LogP contribution in [0.5, 0.6) is 11.5 Å². The van der Waals surface area contributed by atoms with Gasteiger partial charge >= 0.3 is 0 Å². The number of carbonyl (C=O) groups is 2. The van der Waals surface area contributed by atoms with Crippen LogP contribution in [0.1, 0.15) is 6.92 Å². The number of benzene rings is 2. The van der Waals surface area contributed by atoms with Crippen molar-refractivity contribution >= 4 is 23.2 Å². The predicted molar refractivity (Wildman–Crippen MR) is 92.6 cm³/mol. The van der Waals surface area contributed by atoms with Gasteiger partial charge in [0.05, 0.1) is 14.2 Å². The van der Waals surface area contributed by atoms with Crippen LogP contribution in [0.25, 0.3) is 0 Å². The summed E-state index contributed by atoms with van der Waals surface area (Å²) < 4.78 is 36.7. The molecule has 1 N–H and O–H groups in total. The molecule has 0 fully saturated rings. The number of methoxy groups -OCH3 is 2. The van der Waals surface area contributed by atoms with Crippen molar-refractivity contribution in [3.05, 3.63) is 48.0 Å². The van der Waals surface area contributed by atoms with E-state index in [0.29, 0.717) is 17.2 Å². The van der Waals surface area contributed by atoms with Crippen LogP contribution in [0.4, 0.5) is 20.2 Å². The molecule has 138 valence electrons. The van der Waals surface area contributed by atoms with Crippen molar-refractivity contribution < 1.29 is 27.8 Å². The normalized spacial score (nSPS) is 10.2. The van der Waals surface area contributed by atoms with Crippen LogP contribution in [0.15, 0.2) is 36.4 Å². The maximum atomic E-state index is 13.4. The molecule has 0 saturated carbocycles. The fraction of sp³-hybridized carbons (Fsp3) is 0.222. The maximum absolute atomic E-state index is 13.4. The standard InChI is InChI=1S/C18H18F2N2O4/c1-11(23)22(13-5-6-14(19)15(20)9-13)10-18(24)21-12-4-7-16(25-2)17(8-12)26-3/h4-9H,10H2,1-3H3,(H,21,24). The number of halogens is 2. The lowest BCUT2D eigenvalue weighted by Gasteiger charge is -2.21. The number of rotatable bonds is 6. The highest BCUT2D eigenvalue weighted by molar-refractivity contribution is 6.01. The van der Waals surface area contributed by atoms with E-state index in [1.54, 1.807) is 18.2 Å². The van der Waals surface area contributed by atoms with Gasteiger partial charge in [-0.05, 0) is 24.3 Å². The molecule has 0 saturated heterocycles. The average Bonchev–Trinajstić information content (AvgIpc) is 2.61. The van der Waals surface area contributed by atoms with E-state index in [0.717, 1.165) is 17.0 Å². The van der Waals surface area contributed by atoms with E-state index in [1.165, 1.54) is 27.2 Å². The van der Waals surface area contributed by atoms with Gasteiger partial charge in [-0.25, -0.2) is 8.78 Å². The Morgan fingerprint density at radius 2 is 1.69 bits per heavy atom. The Morgan fingerprint density at radius 3 is 2.27 bits per heavy atom. The topological polar surface area (TPSA) is 67.9 Å². The first-order valence-electron chi connectivity index (χ1n) is 7.60. The lowest BCUT2D eigenvalue weighted by atomic mass is 10.2. The minimum absolute atomic E-state index is 0.0823. The quantitative estimate of drug-likeness (QED) is 0.856. The highest BCUT2D eigenvalue weighted by Crippen LogP contribution is 2.29. The Kier molecular flexibility index (Phi) is 6.11. The molecule has 0 aliphatic heterocycles. The molecule has 2 amide bonds. The van der Waals surface area contributed by atoms with E-state index in [4.69, 9.17) is 9.47 Å². The lowest BCUT2D eigenvalue weighted by Crippen LogP contribution is -2.36. The molecule has 0 radical (unpaired) electrons. The van der Waals surface area contributed by atoms with Crippen molar-refractivity contribution in [2.45, 2.75) is 6.92 Å². The molecule has 2 aromatic carbocycles. The molecule has 0 atom stereocenters. The molecule has 0 aliphatic rings. The zero-order valence-corrected chi connectivity index (χ0v) is 14.5. The SMILES string of the molecule is COc1ccc(NC(=O)CN(C(C)=O)c2ccc(F)c(F)c2)cc1OC. The van der Waals surface area contributed by atoms with Gasteiger partial charge in [0.25, 0.3) is 0 Å². The Balaban J connectivity index is 2.15.